The van der Waals surface area contributed by atoms with Crippen LogP contribution in [0, 0.1) is 0 Å². The number of carbonyl (C=O) groups excluding carboxylic acids is 1. The second-order valence-electron chi connectivity index (χ2n) is 5.12. The molecule has 110 valence electrons. The van der Waals surface area contributed by atoms with Crippen LogP contribution in [0.4, 0.5) is 0 Å². The minimum atomic E-state index is 0.402. The average molecular weight is 277 g/mol. The van der Waals surface area contributed by atoms with Crippen LogP contribution in [0.25, 0.3) is 0 Å². The lowest BCUT2D eigenvalue weighted by Gasteiger charge is -2.32. The second-order valence-corrected chi connectivity index (χ2v) is 5.12. The molecule has 0 aliphatic carbocycles. The number of hydrogen-bond donors (Lipinski definition) is 0. The first-order valence-corrected chi connectivity index (χ1v) is 7.23. The summed E-state index contributed by atoms with van der Waals surface area (Å²) in [6.07, 6.45) is 3.43. The van der Waals surface area contributed by atoms with E-state index in [4.69, 9.17) is 9.47 Å². The number of piperidine rings is 1. The van der Waals surface area contributed by atoms with Gasteiger partial charge in [-0.1, -0.05) is 0 Å². The molecule has 0 atom stereocenters. The molecule has 20 heavy (non-hydrogen) atoms. The van der Waals surface area contributed by atoms with Crippen LogP contribution in [0.1, 0.15) is 35.7 Å². The van der Waals surface area contributed by atoms with Crippen molar-refractivity contribution < 1.29 is 14.3 Å². The van der Waals surface area contributed by atoms with Gasteiger partial charge in [-0.2, -0.15) is 0 Å². The number of nitrogens with zero attached hydrogens (tertiary/aromatic N) is 1. The average Bonchev–Trinajstić information content (AvgIpc) is 2.49. The highest BCUT2D eigenvalue weighted by atomic mass is 16.5. The maximum Gasteiger partial charge on any atom is 0.150 e. The number of ether oxygens (including phenoxy) is 2. The molecule has 4 heteroatoms. The third-order valence-corrected chi connectivity index (χ3v) is 3.77. The molecule has 0 saturated carbocycles. The molecule has 1 fully saturated rings. The number of rotatable bonds is 6. The van der Waals surface area contributed by atoms with E-state index in [0.717, 1.165) is 56.7 Å². The van der Waals surface area contributed by atoms with E-state index in [-0.39, 0.29) is 0 Å². The van der Waals surface area contributed by atoms with Crippen molar-refractivity contribution in [1.29, 1.82) is 0 Å². The highest BCUT2D eigenvalue weighted by Gasteiger charge is 2.20. The van der Waals surface area contributed by atoms with Crippen LogP contribution < -0.4 is 4.74 Å². The van der Waals surface area contributed by atoms with Gasteiger partial charge in [-0.25, -0.2) is 0 Å². The molecule has 0 N–H and O–H groups in total. The summed E-state index contributed by atoms with van der Waals surface area (Å²) in [4.78, 5) is 13.3. The van der Waals surface area contributed by atoms with E-state index in [2.05, 4.69) is 4.90 Å². The lowest BCUT2D eigenvalue weighted by molar-refractivity contribution is 0.0124. The van der Waals surface area contributed by atoms with Gasteiger partial charge < -0.3 is 9.47 Å². The topological polar surface area (TPSA) is 38.8 Å². The summed E-state index contributed by atoms with van der Waals surface area (Å²) in [6.45, 7) is 5.71. The number of aldehydes is 1. The molecule has 4 nitrogen and oxygen atoms in total. The number of likely N-dealkylation sites (tertiary alicyclic amines) is 1. The fourth-order valence-electron chi connectivity index (χ4n) is 2.71. The van der Waals surface area contributed by atoms with Gasteiger partial charge in [0.2, 0.25) is 0 Å². The lowest BCUT2D eigenvalue weighted by Crippen LogP contribution is -2.36. The summed E-state index contributed by atoms with van der Waals surface area (Å²) in [7, 11) is 1.67. The van der Waals surface area contributed by atoms with Crippen molar-refractivity contribution >= 4 is 6.29 Å². The highest BCUT2D eigenvalue weighted by Crippen LogP contribution is 2.23. The quantitative estimate of drug-likeness (QED) is 0.749. The Bertz CT molecular complexity index is 439. The summed E-state index contributed by atoms with van der Waals surface area (Å²) in [5.41, 5.74) is 1.77. The van der Waals surface area contributed by atoms with Gasteiger partial charge in [-0.05, 0) is 38.0 Å². The molecular weight excluding hydrogens is 254 g/mol. The first kappa shape index (κ1) is 15.0. The number of carbonyl (C=O) groups is 1. The minimum absolute atomic E-state index is 0.402. The Balaban J connectivity index is 1.98. The number of methoxy groups -OCH3 is 1. The Hall–Kier alpha value is -1.39. The van der Waals surface area contributed by atoms with Crippen molar-refractivity contribution in [3.8, 4) is 5.75 Å². The van der Waals surface area contributed by atoms with E-state index in [9.17, 15) is 4.79 Å². The Morgan fingerprint density at radius 3 is 2.70 bits per heavy atom. The Kier molecular flexibility index (Phi) is 5.56. The lowest BCUT2D eigenvalue weighted by atomic mass is 10.1. The molecule has 0 unspecified atom stereocenters. The Morgan fingerprint density at radius 1 is 1.35 bits per heavy atom. The summed E-state index contributed by atoms with van der Waals surface area (Å²) < 4.78 is 11.0. The number of benzene rings is 1. The maximum atomic E-state index is 10.9. The van der Waals surface area contributed by atoms with Gasteiger partial charge in [0, 0.05) is 37.4 Å². The molecular formula is C16H23NO3. The zero-order valence-electron chi connectivity index (χ0n) is 12.3. The predicted molar refractivity (Wildman–Crippen MR) is 78.3 cm³/mol. The summed E-state index contributed by atoms with van der Waals surface area (Å²) in [6, 6.07) is 5.57. The van der Waals surface area contributed by atoms with E-state index in [1.165, 1.54) is 0 Å². The van der Waals surface area contributed by atoms with Crippen LogP contribution in [-0.4, -0.2) is 44.1 Å². The fraction of sp³-hybridized carbons (Fsp3) is 0.562. The molecule has 2 rings (SSSR count). The first-order chi connectivity index (χ1) is 9.76. The molecule has 0 bridgehead atoms. The zero-order valence-corrected chi connectivity index (χ0v) is 12.3. The van der Waals surface area contributed by atoms with E-state index in [1.807, 2.05) is 19.1 Å². The maximum absolute atomic E-state index is 10.9. The van der Waals surface area contributed by atoms with Crippen LogP contribution in [0.3, 0.4) is 0 Å². The number of hydrogen-bond acceptors (Lipinski definition) is 4. The highest BCUT2D eigenvalue weighted by molar-refractivity contribution is 5.75. The summed E-state index contributed by atoms with van der Waals surface area (Å²) in [5, 5.41) is 0. The van der Waals surface area contributed by atoms with Crippen LogP contribution in [0.2, 0.25) is 0 Å². The standard InChI is InChI=1S/C16H23NO3/c1-3-20-15-6-8-17(9-7-15)11-14-10-13(12-18)4-5-16(14)19-2/h4-5,10,12,15H,3,6-9,11H2,1-2H3. The van der Waals surface area contributed by atoms with Crippen LogP contribution in [0.15, 0.2) is 18.2 Å². The van der Waals surface area contributed by atoms with Crippen LogP contribution in [-0.2, 0) is 11.3 Å². The Morgan fingerprint density at radius 2 is 2.10 bits per heavy atom. The van der Waals surface area contributed by atoms with E-state index in [1.54, 1.807) is 13.2 Å². The van der Waals surface area contributed by atoms with Crippen molar-refractivity contribution in [3.05, 3.63) is 29.3 Å². The van der Waals surface area contributed by atoms with Gasteiger partial charge in [0.25, 0.3) is 0 Å². The third-order valence-electron chi connectivity index (χ3n) is 3.77. The normalized spacial score (nSPS) is 17.1. The molecule has 1 aromatic rings. The zero-order chi connectivity index (χ0) is 14.4. The minimum Gasteiger partial charge on any atom is -0.496 e. The SMILES string of the molecule is CCOC1CCN(Cc2cc(C=O)ccc2OC)CC1. The monoisotopic (exact) mass is 277 g/mol. The van der Waals surface area contributed by atoms with Crippen molar-refractivity contribution in [2.24, 2.45) is 0 Å². The molecule has 1 aliphatic heterocycles. The molecule has 0 aromatic heterocycles. The van der Waals surface area contributed by atoms with Gasteiger partial charge in [0.1, 0.15) is 12.0 Å². The van der Waals surface area contributed by atoms with E-state index >= 15 is 0 Å². The third kappa shape index (κ3) is 3.81. The van der Waals surface area contributed by atoms with E-state index < -0.39 is 0 Å². The molecule has 1 heterocycles. The smallest absolute Gasteiger partial charge is 0.150 e. The molecule has 0 amide bonds. The molecule has 1 aliphatic rings. The van der Waals surface area contributed by atoms with Gasteiger partial charge in [-0.3, -0.25) is 9.69 Å². The van der Waals surface area contributed by atoms with Crippen molar-refractivity contribution in [2.75, 3.05) is 26.8 Å². The summed E-state index contributed by atoms with van der Waals surface area (Å²) >= 11 is 0. The molecule has 1 saturated heterocycles. The van der Waals surface area contributed by atoms with Gasteiger partial charge >= 0.3 is 0 Å². The van der Waals surface area contributed by atoms with Gasteiger partial charge in [0.15, 0.2) is 0 Å². The van der Waals surface area contributed by atoms with Gasteiger partial charge in [0.05, 0.1) is 13.2 Å². The van der Waals surface area contributed by atoms with Crippen molar-refractivity contribution in [3.63, 3.8) is 0 Å². The first-order valence-electron chi connectivity index (χ1n) is 7.23. The van der Waals surface area contributed by atoms with Crippen molar-refractivity contribution in [2.45, 2.75) is 32.4 Å². The second kappa shape index (κ2) is 7.41. The molecule has 0 radical (unpaired) electrons. The van der Waals surface area contributed by atoms with E-state index in [0.29, 0.717) is 11.7 Å². The Labute approximate surface area is 120 Å². The summed E-state index contributed by atoms with van der Waals surface area (Å²) in [5.74, 6) is 0.850. The van der Waals surface area contributed by atoms with Gasteiger partial charge in [-0.15, -0.1) is 0 Å². The van der Waals surface area contributed by atoms with Crippen LogP contribution in [0.5, 0.6) is 5.75 Å². The van der Waals surface area contributed by atoms with Crippen molar-refractivity contribution in [1.82, 2.24) is 4.90 Å². The predicted octanol–water partition coefficient (Wildman–Crippen LogP) is 2.51. The largest absolute Gasteiger partial charge is 0.496 e. The fourth-order valence-corrected chi connectivity index (χ4v) is 2.71. The molecule has 1 aromatic carbocycles. The van der Waals surface area contributed by atoms with Crippen LogP contribution >= 0.6 is 0 Å². The molecule has 0 spiro atoms.